The van der Waals surface area contributed by atoms with E-state index in [-0.39, 0.29) is 17.6 Å². The van der Waals surface area contributed by atoms with Crippen molar-refractivity contribution in [1.29, 1.82) is 0 Å². The molecule has 0 bridgehead atoms. The Bertz CT molecular complexity index is 984. The van der Waals surface area contributed by atoms with Gasteiger partial charge < -0.3 is 4.90 Å². The van der Waals surface area contributed by atoms with Crippen LogP contribution in [0.15, 0.2) is 78.9 Å². The molecular formula is C22H18N2O3. The highest BCUT2D eigenvalue weighted by Crippen LogP contribution is 2.36. The van der Waals surface area contributed by atoms with Crippen LogP contribution in [0.2, 0.25) is 0 Å². The van der Waals surface area contributed by atoms with Crippen LogP contribution in [0.25, 0.3) is 0 Å². The summed E-state index contributed by atoms with van der Waals surface area (Å²) in [6.07, 6.45) is 0.790. The molecule has 0 saturated heterocycles. The molecule has 3 aromatic carbocycles. The molecule has 1 aliphatic rings. The van der Waals surface area contributed by atoms with Gasteiger partial charge in [-0.3, -0.25) is 14.9 Å². The molecule has 1 aliphatic heterocycles. The highest BCUT2D eigenvalue weighted by Gasteiger charge is 2.32. The lowest BCUT2D eigenvalue weighted by atomic mass is 9.88. The van der Waals surface area contributed by atoms with Crippen LogP contribution in [0.1, 0.15) is 33.1 Å². The normalized spacial score (nSPS) is 15.9. The fourth-order valence-corrected chi connectivity index (χ4v) is 3.67. The van der Waals surface area contributed by atoms with Gasteiger partial charge in [-0.05, 0) is 35.2 Å². The summed E-state index contributed by atoms with van der Waals surface area (Å²) in [5.41, 5.74) is 3.88. The van der Waals surface area contributed by atoms with Gasteiger partial charge in [-0.2, -0.15) is 0 Å². The van der Waals surface area contributed by atoms with Gasteiger partial charge in [0.1, 0.15) is 0 Å². The van der Waals surface area contributed by atoms with Gasteiger partial charge in [0.2, 0.25) is 0 Å². The average molecular weight is 358 g/mol. The van der Waals surface area contributed by atoms with Gasteiger partial charge in [-0.25, -0.2) is 0 Å². The van der Waals surface area contributed by atoms with Crippen molar-refractivity contribution in [3.63, 3.8) is 0 Å². The second-order valence-electron chi connectivity index (χ2n) is 6.56. The molecule has 1 unspecified atom stereocenters. The zero-order valence-corrected chi connectivity index (χ0v) is 14.6. The number of carbonyl (C=O) groups is 1. The van der Waals surface area contributed by atoms with Gasteiger partial charge in [0.05, 0.1) is 11.0 Å². The van der Waals surface area contributed by atoms with Gasteiger partial charge in [-0.1, -0.05) is 54.6 Å². The Labute approximate surface area is 157 Å². The van der Waals surface area contributed by atoms with Gasteiger partial charge in [0.15, 0.2) is 0 Å². The third-order valence-electron chi connectivity index (χ3n) is 4.98. The van der Waals surface area contributed by atoms with E-state index in [4.69, 9.17) is 0 Å². The number of non-ortho nitro benzene ring substituents is 1. The molecule has 27 heavy (non-hydrogen) atoms. The Balaban J connectivity index is 1.74. The van der Waals surface area contributed by atoms with Crippen molar-refractivity contribution in [2.45, 2.75) is 12.5 Å². The van der Waals surface area contributed by atoms with Crippen LogP contribution in [-0.4, -0.2) is 22.3 Å². The van der Waals surface area contributed by atoms with Crippen molar-refractivity contribution < 1.29 is 9.72 Å². The van der Waals surface area contributed by atoms with Crippen molar-refractivity contribution in [2.75, 3.05) is 6.54 Å². The maximum Gasteiger partial charge on any atom is 0.269 e. The third-order valence-corrected chi connectivity index (χ3v) is 4.98. The van der Waals surface area contributed by atoms with E-state index in [0.717, 1.165) is 17.5 Å². The first-order valence-electron chi connectivity index (χ1n) is 8.83. The predicted octanol–water partition coefficient (Wildman–Crippen LogP) is 4.38. The van der Waals surface area contributed by atoms with E-state index >= 15 is 0 Å². The first-order valence-corrected chi connectivity index (χ1v) is 8.83. The average Bonchev–Trinajstić information content (AvgIpc) is 2.73. The van der Waals surface area contributed by atoms with Crippen molar-refractivity contribution in [3.8, 4) is 0 Å². The van der Waals surface area contributed by atoms with Crippen LogP contribution in [-0.2, 0) is 6.42 Å². The summed E-state index contributed by atoms with van der Waals surface area (Å²) in [6.45, 7) is 0.604. The van der Waals surface area contributed by atoms with Crippen molar-refractivity contribution in [1.82, 2.24) is 4.90 Å². The Morgan fingerprint density at radius 1 is 0.926 bits per heavy atom. The minimum absolute atomic E-state index is 0.0184. The number of hydrogen-bond donors (Lipinski definition) is 0. The monoisotopic (exact) mass is 358 g/mol. The number of nitrogens with zero attached hydrogens (tertiary/aromatic N) is 2. The number of hydrogen-bond acceptors (Lipinski definition) is 3. The van der Waals surface area contributed by atoms with Gasteiger partial charge in [0, 0.05) is 24.2 Å². The van der Waals surface area contributed by atoms with E-state index in [1.807, 2.05) is 47.4 Å². The maximum atomic E-state index is 13.2. The van der Waals surface area contributed by atoms with E-state index in [1.165, 1.54) is 29.8 Å². The molecule has 0 aliphatic carbocycles. The number of nitro groups is 1. The van der Waals surface area contributed by atoms with Crippen LogP contribution in [0.3, 0.4) is 0 Å². The topological polar surface area (TPSA) is 63.4 Å². The van der Waals surface area contributed by atoms with Gasteiger partial charge >= 0.3 is 0 Å². The van der Waals surface area contributed by atoms with Crippen LogP contribution in [0.4, 0.5) is 5.69 Å². The molecule has 0 fully saturated rings. The Morgan fingerprint density at radius 2 is 1.59 bits per heavy atom. The smallest absolute Gasteiger partial charge is 0.269 e. The van der Waals surface area contributed by atoms with Gasteiger partial charge in [0.25, 0.3) is 11.6 Å². The summed E-state index contributed by atoms with van der Waals surface area (Å²) in [5, 5.41) is 10.9. The first-order chi connectivity index (χ1) is 13.1. The zero-order chi connectivity index (χ0) is 18.8. The van der Waals surface area contributed by atoms with E-state index in [2.05, 4.69) is 12.1 Å². The van der Waals surface area contributed by atoms with Crippen LogP contribution in [0, 0.1) is 10.1 Å². The Morgan fingerprint density at radius 3 is 2.30 bits per heavy atom. The molecule has 5 nitrogen and oxygen atoms in total. The quantitative estimate of drug-likeness (QED) is 0.515. The fourth-order valence-electron chi connectivity index (χ4n) is 3.67. The molecule has 134 valence electrons. The standard InChI is InChI=1S/C22H18N2O3/c25-22(18-10-12-19(13-11-18)24(26)27)23-15-14-16-6-4-5-9-20(16)21(23)17-7-2-1-3-8-17/h1-13,21H,14-15H2. The Kier molecular flexibility index (Phi) is 4.42. The molecule has 1 atom stereocenters. The van der Waals surface area contributed by atoms with E-state index in [9.17, 15) is 14.9 Å². The van der Waals surface area contributed by atoms with Gasteiger partial charge in [-0.15, -0.1) is 0 Å². The number of benzene rings is 3. The lowest BCUT2D eigenvalue weighted by Gasteiger charge is -2.38. The molecule has 3 aromatic rings. The number of nitro benzene ring substituents is 1. The lowest BCUT2D eigenvalue weighted by Crippen LogP contribution is -2.40. The molecule has 1 heterocycles. The zero-order valence-electron chi connectivity index (χ0n) is 14.6. The first kappa shape index (κ1) is 17.0. The molecule has 0 radical (unpaired) electrons. The lowest BCUT2D eigenvalue weighted by molar-refractivity contribution is -0.384. The second kappa shape index (κ2) is 7.03. The van der Waals surface area contributed by atoms with Crippen molar-refractivity contribution in [3.05, 3.63) is 111 Å². The third kappa shape index (κ3) is 3.19. The summed E-state index contributed by atoms with van der Waals surface area (Å²) < 4.78 is 0. The molecule has 0 N–H and O–H groups in total. The predicted molar refractivity (Wildman–Crippen MR) is 103 cm³/mol. The summed E-state index contributed by atoms with van der Waals surface area (Å²) in [7, 11) is 0. The Hall–Kier alpha value is -3.47. The molecule has 1 amide bonds. The van der Waals surface area contributed by atoms with Crippen LogP contribution < -0.4 is 0 Å². The number of carbonyl (C=O) groups excluding carboxylic acids is 1. The molecular weight excluding hydrogens is 340 g/mol. The van der Waals surface area contributed by atoms with E-state index in [1.54, 1.807) is 0 Å². The summed E-state index contributed by atoms with van der Waals surface area (Å²) in [5.74, 6) is -0.117. The highest BCUT2D eigenvalue weighted by atomic mass is 16.6. The highest BCUT2D eigenvalue weighted by molar-refractivity contribution is 5.95. The fraction of sp³-hybridized carbons (Fsp3) is 0.136. The molecule has 5 heteroatoms. The maximum absolute atomic E-state index is 13.2. The minimum Gasteiger partial charge on any atom is -0.327 e. The largest absolute Gasteiger partial charge is 0.327 e. The van der Waals surface area contributed by atoms with Crippen molar-refractivity contribution >= 4 is 11.6 Å². The molecule has 4 rings (SSSR count). The second-order valence-corrected chi connectivity index (χ2v) is 6.56. The van der Waals surface area contributed by atoms with Crippen molar-refractivity contribution in [2.24, 2.45) is 0 Å². The number of amides is 1. The summed E-state index contributed by atoms with van der Waals surface area (Å²) >= 11 is 0. The van der Waals surface area contributed by atoms with Crippen LogP contribution >= 0.6 is 0 Å². The van der Waals surface area contributed by atoms with Crippen LogP contribution in [0.5, 0.6) is 0 Å². The summed E-state index contributed by atoms with van der Waals surface area (Å²) in [6, 6.07) is 23.8. The molecule has 0 saturated carbocycles. The molecule has 0 spiro atoms. The SMILES string of the molecule is O=C(c1ccc([N+](=O)[O-])cc1)N1CCc2ccccc2C1c1ccccc1. The number of rotatable bonds is 3. The van der Waals surface area contributed by atoms with E-state index in [0.29, 0.717) is 12.1 Å². The number of fused-ring (bicyclic) bond motifs is 1. The van der Waals surface area contributed by atoms with E-state index < -0.39 is 4.92 Å². The minimum atomic E-state index is -0.460. The summed E-state index contributed by atoms with van der Waals surface area (Å²) in [4.78, 5) is 25.5. The molecule has 0 aromatic heterocycles.